The predicted molar refractivity (Wildman–Crippen MR) is 74.4 cm³/mol. The van der Waals surface area contributed by atoms with Crippen LogP contribution in [0.25, 0.3) is 10.2 Å². The van der Waals surface area contributed by atoms with Crippen molar-refractivity contribution < 1.29 is 5.11 Å². The number of hydrogen-bond donors (Lipinski definition) is 1. The molecule has 2 aromatic rings. The van der Waals surface area contributed by atoms with Crippen molar-refractivity contribution in [2.24, 2.45) is 0 Å². The fourth-order valence-corrected chi connectivity index (χ4v) is 4.29. The van der Waals surface area contributed by atoms with Gasteiger partial charge in [-0.1, -0.05) is 18.5 Å². The molecule has 1 aliphatic rings. The average Bonchev–Trinajstić information content (AvgIpc) is 2.89. The van der Waals surface area contributed by atoms with Gasteiger partial charge < -0.3 is 5.11 Å². The second-order valence-electron chi connectivity index (χ2n) is 4.82. The van der Waals surface area contributed by atoms with Gasteiger partial charge in [-0.2, -0.15) is 0 Å². The number of nitrogens with zero attached hydrogens (tertiary/aromatic N) is 2. The molecule has 1 aliphatic carbocycles. The number of hydrogen-bond acceptors (Lipinski definition) is 4. The van der Waals surface area contributed by atoms with Gasteiger partial charge >= 0.3 is 0 Å². The molecule has 1 N–H and O–H groups in total. The number of fused-ring (bicyclic) bond motifs is 3. The van der Waals surface area contributed by atoms with E-state index in [1.165, 1.54) is 16.8 Å². The Morgan fingerprint density at radius 1 is 1.56 bits per heavy atom. The first-order valence-electron chi connectivity index (χ1n) is 6.30. The maximum absolute atomic E-state index is 9.86. The topological polar surface area (TPSA) is 46.0 Å². The normalized spacial score (nSPS) is 20.3. The Morgan fingerprint density at radius 2 is 2.39 bits per heavy atom. The third kappa shape index (κ3) is 1.92. The van der Waals surface area contributed by atoms with Crippen LogP contribution in [0.2, 0.25) is 5.15 Å². The van der Waals surface area contributed by atoms with Crippen LogP contribution in [0.1, 0.15) is 42.5 Å². The summed E-state index contributed by atoms with van der Waals surface area (Å²) in [5.41, 5.74) is 1.30. The summed E-state index contributed by atoms with van der Waals surface area (Å²) in [4.78, 5) is 10.7. The molecule has 2 atom stereocenters. The summed E-state index contributed by atoms with van der Waals surface area (Å²) >= 11 is 7.93. The summed E-state index contributed by atoms with van der Waals surface area (Å²) in [7, 11) is 0. The van der Waals surface area contributed by atoms with Gasteiger partial charge in [-0.25, -0.2) is 9.97 Å². The van der Waals surface area contributed by atoms with Gasteiger partial charge in [0, 0.05) is 4.88 Å². The Balaban J connectivity index is 2.06. The maximum atomic E-state index is 9.86. The monoisotopic (exact) mass is 282 g/mol. The van der Waals surface area contributed by atoms with Gasteiger partial charge in [-0.3, -0.25) is 0 Å². The van der Waals surface area contributed by atoms with E-state index in [2.05, 4.69) is 9.97 Å². The average molecular weight is 283 g/mol. The third-order valence-corrected chi connectivity index (χ3v) is 5.17. The number of aliphatic hydroxyl groups is 1. The van der Waals surface area contributed by atoms with Crippen molar-refractivity contribution in [3.63, 3.8) is 0 Å². The highest BCUT2D eigenvalue weighted by Crippen LogP contribution is 2.46. The molecule has 0 fully saturated rings. The van der Waals surface area contributed by atoms with Crippen molar-refractivity contribution in [2.75, 3.05) is 0 Å². The standard InChI is InChI=1S/C13H15ClN2OS/c1-2-8(17)5-7-3-4-9-10(7)11-12(14)15-6-16-13(11)18-9/h6-8,17H,2-5H2,1H3/t7-,8?/m1/s1. The van der Waals surface area contributed by atoms with Gasteiger partial charge in [0.05, 0.1) is 11.5 Å². The van der Waals surface area contributed by atoms with Crippen molar-refractivity contribution in [1.29, 1.82) is 0 Å². The second-order valence-corrected chi connectivity index (χ2v) is 6.26. The summed E-state index contributed by atoms with van der Waals surface area (Å²) in [6.07, 6.45) is 5.11. The number of aliphatic hydroxyl groups excluding tert-OH is 1. The SMILES string of the molecule is CCC(O)C[C@H]1CCc2sc3ncnc(Cl)c3c21. The minimum absolute atomic E-state index is 0.223. The van der Waals surface area contributed by atoms with Crippen molar-refractivity contribution >= 4 is 33.2 Å². The van der Waals surface area contributed by atoms with Crippen LogP contribution in [0.4, 0.5) is 0 Å². The molecule has 0 radical (unpaired) electrons. The highest BCUT2D eigenvalue weighted by Gasteiger charge is 2.30. The van der Waals surface area contributed by atoms with Gasteiger partial charge in [-0.15, -0.1) is 11.3 Å². The molecule has 3 rings (SSSR count). The fraction of sp³-hybridized carbons (Fsp3) is 0.538. The predicted octanol–water partition coefficient (Wildman–Crippen LogP) is 3.54. The zero-order valence-electron chi connectivity index (χ0n) is 10.2. The van der Waals surface area contributed by atoms with E-state index in [4.69, 9.17) is 11.6 Å². The molecule has 2 heterocycles. The lowest BCUT2D eigenvalue weighted by molar-refractivity contribution is 0.151. The molecular formula is C13H15ClN2OS. The van der Waals surface area contributed by atoms with Crippen LogP contribution in [0.3, 0.4) is 0 Å². The van der Waals surface area contributed by atoms with E-state index < -0.39 is 0 Å². The Labute approximate surface area is 115 Å². The molecular weight excluding hydrogens is 268 g/mol. The number of rotatable bonds is 3. The molecule has 5 heteroatoms. The second kappa shape index (κ2) is 4.76. The van der Waals surface area contributed by atoms with E-state index in [1.807, 2.05) is 6.92 Å². The van der Waals surface area contributed by atoms with Crippen LogP contribution in [-0.4, -0.2) is 21.2 Å². The molecule has 0 bridgehead atoms. The highest BCUT2D eigenvalue weighted by atomic mass is 35.5. The fourth-order valence-electron chi connectivity index (χ4n) is 2.76. The van der Waals surface area contributed by atoms with Gasteiger partial charge in [-0.05, 0) is 37.2 Å². The Morgan fingerprint density at radius 3 is 3.17 bits per heavy atom. The summed E-state index contributed by atoms with van der Waals surface area (Å²) < 4.78 is 0. The lowest BCUT2D eigenvalue weighted by atomic mass is 9.94. The van der Waals surface area contributed by atoms with E-state index in [0.717, 1.165) is 35.9 Å². The van der Waals surface area contributed by atoms with Crippen LogP contribution >= 0.6 is 22.9 Å². The smallest absolute Gasteiger partial charge is 0.141 e. The van der Waals surface area contributed by atoms with Crippen molar-refractivity contribution in [3.8, 4) is 0 Å². The molecule has 18 heavy (non-hydrogen) atoms. The summed E-state index contributed by atoms with van der Waals surface area (Å²) in [6.45, 7) is 2.02. The van der Waals surface area contributed by atoms with Crippen LogP contribution in [0.5, 0.6) is 0 Å². The first-order chi connectivity index (χ1) is 8.70. The maximum Gasteiger partial charge on any atom is 0.141 e. The molecule has 1 unspecified atom stereocenters. The zero-order chi connectivity index (χ0) is 12.7. The minimum atomic E-state index is -0.223. The van der Waals surface area contributed by atoms with Crippen molar-refractivity contribution in [2.45, 2.75) is 44.6 Å². The van der Waals surface area contributed by atoms with Gasteiger partial charge in [0.25, 0.3) is 0 Å². The number of aryl methyl sites for hydroxylation is 1. The molecule has 96 valence electrons. The summed E-state index contributed by atoms with van der Waals surface area (Å²) in [6, 6.07) is 0. The molecule has 0 aromatic carbocycles. The Hall–Kier alpha value is -0.710. The highest BCUT2D eigenvalue weighted by molar-refractivity contribution is 7.19. The molecule has 3 nitrogen and oxygen atoms in total. The third-order valence-electron chi connectivity index (χ3n) is 3.71. The summed E-state index contributed by atoms with van der Waals surface area (Å²) in [5, 5.41) is 11.4. The van der Waals surface area contributed by atoms with Crippen LogP contribution < -0.4 is 0 Å². The van der Waals surface area contributed by atoms with E-state index in [9.17, 15) is 5.11 Å². The quantitative estimate of drug-likeness (QED) is 0.876. The Bertz CT molecular complexity index is 584. The Kier molecular flexibility index (Phi) is 3.26. The lowest BCUT2D eigenvalue weighted by Gasteiger charge is -2.15. The first kappa shape index (κ1) is 12.3. The van der Waals surface area contributed by atoms with Crippen LogP contribution in [0, 0.1) is 0 Å². The van der Waals surface area contributed by atoms with Gasteiger partial charge in [0.1, 0.15) is 16.3 Å². The number of thiophene rings is 1. The van der Waals surface area contributed by atoms with Gasteiger partial charge in [0.2, 0.25) is 0 Å². The van der Waals surface area contributed by atoms with E-state index in [-0.39, 0.29) is 6.10 Å². The number of aromatic nitrogens is 2. The molecule has 0 amide bonds. The largest absolute Gasteiger partial charge is 0.393 e. The zero-order valence-corrected chi connectivity index (χ0v) is 11.8. The van der Waals surface area contributed by atoms with E-state index in [1.54, 1.807) is 11.3 Å². The molecule has 0 aliphatic heterocycles. The minimum Gasteiger partial charge on any atom is -0.393 e. The summed E-state index contributed by atoms with van der Waals surface area (Å²) in [5.74, 6) is 0.409. The number of halogens is 1. The van der Waals surface area contributed by atoms with Crippen molar-refractivity contribution in [1.82, 2.24) is 9.97 Å². The van der Waals surface area contributed by atoms with E-state index in [0.29, 0.717) is 11.1 Å². The van der Waals surface area contributed by atoms with Crippen LogP contribution in [-0.2, 0) is 6.42 Å². The van der Waals surface area contributed by atoms with Crippen LogP contribution in [0.15, 0.2) is 6.33 Å². The molecule has 0 saturated carbocycles. The van der Waals surface area contributed by atoms with E-state index >= 15 is 0 Å². The molecule has 0 spiro atoms. The van der Waals surface area contributed by atoms with Crippen molar-refractivity contribution in [3.05, 3.63) is 21.9 Å². The first-order valence-corrected chi connectivity index (χ1v) is 7.50. The molecule has 2 aromatic heterocycles. The van der Waals surface area contributed by atoms with Gasteiger partial charge in [0.15, 0.2) is 0 Å². The lowest BCUT2D eigenvalue weighted by Crippen LogP contribution is -2.09. The molecule has 0 saturated heterocycles.